The van der Waals surface area contributed by atoms with E-state index < -0.39 is 5.97 Å². The lowest BCUT2D eigenvalue weighted by molar-refractivity contribution is 0.0483. The highest BCUT2D eigenvalue weighted by molar-refractivity contribution is 6.05. The van der Waals surface area contributed by atoms with E-state index in [9.17, 15) is 9.59 Å². The van der Waals surface area contributed by atoms with Gasteiger partial charge in [-0.2, -0.15) is 0 Å². The van der Waals surface area contributed by atoms with Crippen LogP contribution in [-0.4, -0.2) is 52.0 Å². The third-order valence-corrected chi connectivity index (χ3v) is 4.67. The number of nitrogens with zero attached hydrogens (tertiary/aromatic N) is 4. The molecule has 136 valence electrons. The van der Waals surface area contributed by atoms with Crippen LogP contribution in [0.5, 0.6) is 0 Å². The third-order valence-electron chi connectivity index (χ3n) is 4.67. The van der Waals surface area contributed by atoms with Crippen LogP contribution in [0.1, 0.15) is 26.8 Å². The van der Waals surface area contributed by atoms with Gasteiger partial charge in [0, 0.05) is 18.7 Å². The molecule has 0 atom stereocenters. The smallest absolute Gasteiger partial charge is 0.338 e. The van der Waals surface area contributed by atoms with Crippen molar-refractivity contribution in [1.29, 1.82) is 0 Å². The summed E-state index contributed by atoms with van der Waals surface area (Å²) >= 11 is 0. The first-order chi connectivity index (χ1) is 13.2. The van der Waals surface area contributed by atoms with Crippen LogP contribution in [0, 0.1) is 0 Å². The maximum absolute atomic E-state index is 12.7. The number of ether oxygens (including phenoxy) is 1. The van der Waals surface area contributed by atoms with Crippen molar-refractivity contribution in [2.24, 2.45) is 0 Å². The van der Waals surface area contributed by atoms with Crippen molar-refractivity contribution in [3.8, 4) is 11.3 Å². The van der Waals surface area contributed by atoms with E-state index >= 15 is 0 Å². The molecule has 7 heteroatoms. The van der Waals surface area contributed by atoms with Gasteiger partial charge in [-0.3, -0.25) is 4.79 Å². The highest BCUT2D eigenvalue weighted by Gasteiger charge is 2.34. The maximum Gasteiger partial charge on any atom is 0.338 e. The molecule has 7 nitrogen and oxygen atoms in total. The number of carbonyl (C=O) groups excluding carboxylic acids is 2. The average Bonchev–Trinajstić information content (AvgIpc) is 3.16. The zero-order valence-electron chi connectivity index (χ0n) is 14.8. The Balaban J connectivity index is 1.45. The van der Waals surface area contributed by atoms with Crippen LogP contribution >= 0.6 is 0 Å². The van der Waals surface area contributed by atoms with E-state index in [0.717, 1.165) is 11.3 Å². The quantitative estimate of drug-likeness (QED) is 0.666. The molecule has 0 radical (unpaired) electrons. The number of rotatable bonds is 4. The Labute approximate surface area is 156 Å². The minimum atomic E-state index is -0.514. The number of hydrogen-bond acceptors (Lipinski definition) is 5. The second-order valence-corrected chi connectivity index (χ2v) is 6.35. The average molecular weight is 362 g/mol. The SMILES string of the molecule is COC(=O)c1ccccc1C(=O)N1CC(n2cc(-c3ccccc3)nn2)C1. The predicted octanol–water partition coefficient (Wildman–Crippen LogP) is 2.43. The van der Waals surface area contributed by atoms with E-state index in [4.69, 9.17) is 4.74 Å². The largest absolute Gasteiger partial charge is 0.465 e. The van der Waals surface area contributed by atoms with E-state index in [1.54, 1.807) is 33.8 Å². The Morgan fingerprint density at radius 1 is 1.00 bits per heavy atom. The van der Waals surface area contributed by atoms with Crippen molar-refractivity contribution in [2.75, 3.05) is 20.2 Å². The van der Waals surface area contributed by atoms with Crippen molar-refractivity contribution >= 4 is 11.9 Å². The van der Waals surface area contributed by atoms with Crippen LogP contribution < -0.4 is 0 Å². The summed E-state index contributed by atoms with van der Waals surface area (Å²) in [5.41, 5.74) is 2.44. The van der Waals surface area contributed by atoms with Crippen molar-refractivity contribution < 1.29 is 14.3 Å². The van der Waals surface area contributed by atoms with Gasteiger partial charge in [0.15, 0.2) is 0 Å². The normalized spacial score (nSPS) is 13.9. The molecule has 27 heavy (non-hydrogen) atoms. The van der Waals surface area contributed by atoms with Gasteiger partial charge in [-0.15, -0.1) is 5.10 Å². The third kappa shape index (κ3) is 3.19. The Kier molecular flexibility index (Phi) is 4.42. The molecule has 1 aliphatic rings. The number of amides is 1. The fourth-order valence-corrected chi connectivity index (χ4v) is 3.11. The molecular formula is C20H18N4O3. The molecule has 0 unspecified atom stereocenters. The predicted molar refractivity (Wildman–Crippen MR) is 98.2 cm³/mol. The van der Waals surface area contributed by atoms with Crippen LogP contribution in [0.15, 0.2) is 60.8 Å². The van der Waals surface area contributed by atoms with E-state index in [2.05, 4.69) is 10.3 Å². The van der Waals surface area contributed by atoms with Crippen molar-refractivity contribution in [1.82, 2.24) is 19.9 Å². The zero-order valence-corrected chi connectivity index (χ0v) is 14.8. The molecule has 1 fully saturated rings. The lowest BCUT2D eigenvalue weighted by Crippen LogP contribution is -2.51. The van der Waals surface area contributed by atoms with Crippen LogP contribution in [0.2, 0.25) is 0 Å². The van der Waals surface area contributed by atoms with E-state index in [1.807, 2.05) is 36.5 Å². The molecule has 0 N–H and O–H groups in total. The second-order valence-electron chi connectivity index (χ2n) is 6.35. The molecule has 0 bridgehead atoms. The maximum atomic E-state index is 12.7. The van der Waals surface area contributed by atoms with Crippen LogP contribution in [0.3, 0.4) is 0 Å². The van der Waals surface area contributed by atoms with Gasteiger partial charge in [0.1, 0.15) is 5.69 Å². The van der Waals surface area contributed by atoms with E-state index in [1.165, 1.54) is 7.11 Å². The summed E-state index contributed by atoms with van der Waals surface area (Å²) in [6, 6.07) is 16.6. The summed E-state index contributed by atoms with van der Waals surface area (Å²) in [5, 5.41) is 8.41. The molecule has 2 heterocycles. The molecule has 4 rings (SSSR count). The van der Waals surface area contributed by atoms with Crippen molar-refractivity contribution in [3.63, 3.8) is 0 Å². The Morgan fingerprint density at radius 2 is 1.67 bits per heavy atom. The van der Waals surface area contributed by atoms with Gasteiger partial charge >= 0.3 is 5.97 Å². The number of esters is 1. The summed E-state index contributed by atoms with van der Waals surface area (Å²) in [4.78, 5) is 26.3. The van der Waals surface area contributed by atoms with E-state index in [-0.39, 0.29) is 17.5 Å². The second kappa shape index (κ2) is 7.03. The number of carbonyl (C=O) groups is 2. The first-order valence-electron chi connectivity index (χ1n) is 8.61. The molecule has 1 saturated heterocycles. The van der Waals surface area contributed by atoms with Crippen LogP contribution in [-0.2, 0) is 4.74 Å². The number of methoxy groups -OCH3 is 1. The molecule has 0 spiro atoms. The van der Waals surface area contributed by atoms with Gasteiger partial charge in [0.05, 0.1) is 30.5 Å². The fraction of sp³-hybridized carbons (Fsp3) is 0.200. The van der Waals surface area contributed by atoms with Gasteiger partial charge in [0.2, 0.25) is 0 Å². The monoisotopic (exact) mass is 362 g/mol. The highest BCUT2D eigenvalue weighted by atomic mass is 16.5. The Hall–Kier alpha value is -3.48. The van der Waals surface area contributed by atoms with Crippen LogP contribution in [0.4, 0.5) is 0 Å². The Morgan fingerprint density at radius 3 is 2.37 bits per heavy atom. The zero-order chi connectivity index (χ0) is 18.8. The minimum absolute atomic E-state index is 0.0733. The number of benzene rings is 2. The van der Waals surface area contributed by atoms with Gasteiger partial charge in [-0.25, -0.2) is 9.48 Å². The molecule has 0 saturated carbocycles. The van der Waals surface area contributed by atoms with Crippen molar-refractivity contribution in [3.05, 3.63) is 71.9 Å². The number of likely N-dealkylation sites (tertiary alicyclic amines) is 1. The molecule has 1 aliphatic heterocycles. The van der Waals surface area contributed by atoms with Gasteiger partial charge in [-0.1, -0.05) is 47.7 Å². The van der Waals surface area contributed by atoms with Gasteiger partial charge < -0.3 is 9.64 Å². The summed E-state index contributed by atoms with van der Waals surface area (Å²) in [6.07, 6.45) is 1.89. The van der Waals surface area contributed by atoms with Gasteiger partial charge in [0.25, 0.3) is 5.91 Å². The lowest BCUT2D eigenvalue weighted by Gasteiger charge is -2.39. The summed E-state index contributed by atoms with van der Waals surface area (Å²) in [7, 11) is 1.30. The molecule has 1 aromatic heterocycles. The molecule has 2 aromatic carbocycles. The first kappa shape index (κ1) is 17.0. The number of aromatic nitrogens is 3. The minimum Gasteiger partial charge on any atom is -0.465 e. The van der Waals surface area contributed by atoms with Crippen LogP contribution in [0.25, 0.3) is 11.3 Å². The van der Waals surface area contributed by atoms with Gasteiger partial charge in [-0.05, 0) is 12.1 Å². The first-order valence-corrected chi connectivity index (χ1v) is 8.61. The summed E-state index contributed by atoms with van der Waals surface area (Å²) < 4.78 is 6.55. The molecule has 0 aliphatic carbocycles. The topological polar surface area (TPSA) is 77.3 Å². The Bertz CT molecular complexity index is 978. The highest BCUT2D eigenvalue weighted by Crippen LogP contribution is 2.25. The van der Waals surface area contributed by atoms with Crippen molar-refractivity contribution in [2.45, 2.75) is 6.04 Å². The van der Waals surface area contributed by atoms with E-state index in [0.29, 0.717) is 18.7 Å². The molecular weight excluding hydrogens is 344 g/mol. The number of hydrogen-bond donors (Lipinski definition) is 0. The summed E-state index contributed by atoms with van der Waals surface area (Å²) in [5.74, 6) is -0.699. The fourth-order valence-electron chi connectivity index (χ4n) is 3.11. The molecule has 1 amide bonds. The standard InChI is InChI=1S/C20H18N4O3/c1-27-20(26)17-10-6-5-9-16(17)19(25)23-11-15(12-23)24-13-18(21-22-24)14-7-3-2-4-8-14/h2-10,13,15H,11-12H2,1H3. The molecule has 3 aromatic rings. The summed E-state index contributed by atoms with van der Waals surface area (Å²) in [6.45, 7) is 1.04. The lowest BCUT2D eigenvalue weighted by atomic mass is 10.0.